The molecule has 168 valence electrons. The molecule has 0 unspecified atom stereocenters. The molecule has 3 aromatic carbocycles. The van der Waals surface area contributed by atoms with Gasteiger partial charge >= 0.3 is 5.97 Å². The van der Waals surface area contributed by atoms with Crippen molar-refractivity contribution in [3.63, 3.8) is 0 Å². The molecule has 1 heterocycles. The van der Waals surface area contributed by atoms with Gasteiger partial charge in [-0.25, -0.2) is 0 Å². The number of ether oxygens (including phenoxy) is 1. The van der Waals surface area contributed by atoms with Crippen LogP contribution in [0.4, 0.5) is 0 Å². The normalized spacial score (nSPS) is 11.9. The van der Waals surface area contributed by atoms with Crippen molar-refractivity contribution in [2.75, 3.05) is 6.61 Å². The summed E-state index contributed by atoms with van der Waals surface area (Å²) in [5.41, 5.74) is 8.74. The second kappa shape index (κ2) is 9.04. The maximum absolute atomic E-state index is 12.2. The molecule has 0 fully saturated rings. The zero-order chi connectivity index (χ0) is 23.5. The van der Waals surface area contributed by atoms with Crippen molar-refractivity contribution in [2.24, 2.45) is 5.73 Å². The number of benzene rings is 3. The summed E-state index contributed by atoms with van der Waals surface area (Å²) in [5, 5.41) is 12.6. The van der Waals surface area contributed by atoms with Crippen LogP contribution in [0.5, 0.6) is 5.75 Å². The molecule has 4 aromatic rings. The fourth-order valence-electron chi connectivity index (χ4n) is 3.90. The lowest BCUT2D eigenvalue weighted by molar-refractivity contribution is -0.141. The number of fused-ring (bicyclic) bond motifs is 3. The number of carboxylic acids is 1. The van der Waals surface area contributed by atoms with Gasteiger partial charge in [0.1, 0.15) is 11.8 Å². The molecule has 0 aliphatic heterocycles. The third kappa shape index (κ3) is 4.36. The van der Waals surface area contributed by atoms with Gasteiger partial charge in [0.15, 0.2) is 6.61 Å². The van der Waals surface area contributed by atoms with Gasteiger partial charge < -0.3 is 25.5 Å². The van der Waals surface area contributed by atoms with E-state index in [-0.39, 0.29) is 6.61 Å². The van der Waals surface area contributed by atoms with Gasteiger partial charge in [0.2, 0.25) is 5.91 Å². The Kier molecular flexibility index (Phi) is 5.99. The van der Waals surface area contributed by atoms with Gasteiger partial charge in [0, 0.05) is 17.5 Å². The van der Waals surface area contributed by atoms with Gasteiger partial charge in [-0.05, 0) is 36.8 Å². The molecule has 2 amide bonds. The Morgan fingerprint density at radius 1 is 0.970 bits per heavy atom. The Labute approximate surface area is 189 Å². The van der Waals surface area contributed by atoms with Gasteiger partial charge in [-0.1, -0.05) is 42.5 Å². The van der Waals surface area contributed by atoms with E-state index < -0.39 is 23.8 Å². The largest absolute Gasteiger partial charge is 0.483 e. The van der Waals surface area contributed by atoms with E-state index in [1.54, 1.807) is 24.3 Å². The third-order valence-corrected chi connectivity index (χ3v) is 5.43. The van der Waals surface area contributed by atoms with Crippen LogP contribution in [0.2, 0.25) is 0 Å². The molecule has 4 rings (SSSR count). The van der Waals surface area contributed by atoms with Crippen LogP contribution in [0.15, 0.2) is 66.7 Å². The Bertz CT molecular complexity index is 1360. The minimum atomic E-state index is -1.14. The SMILES string of the molecule is C[C@@H](NC(=O)COc1cccc2c1c1c(C(N)=O)cccc1n2Cc1ccccc1)C(=O)O. The van der Waals surface area contributed by atoms with Gasteiger partial charge in [0.05, 0.1) is 16.4 Å². The molecule has 8 nitrogen and oxygen atoms in total. The highest BCUT2D eigenvalue weighted by Crippen LogP contribution is 2.38. The number of aromatic nitrogens is 1. The molecule has 33 heavy (non-hydrogen) atoms. The number of carboxylic acid groups (broad SMARTS) is 1. The van der Waals surface area contributed by atoms with E-state index in [1.807, 2.05) is 42.5 Å². The van der Waals surface area contributed by atoms with E-state index in [0.29, 0.717) is 28.6 Å². The standard InChI is InChI=1S/C25H23N3O5/c1-15(25(31)32)27-21(29)14-33-20-12-6-11-19-23(20)22-17(24(26)30)9-5-10-18(22)28(19)13-16-7-3-2-4-8-16/h2-12,15H,13-14H2,1H3,(H2,26,30)(H,27,29)(H,31,32)/t15-/m1/s1. The minimum Gasteiger partial charge on any atom is -0.483 e. The maximum atomic E-state index is 12.2. The van der Waals surface area contributed by atoms with Crippen molar-refractivity contribution in [1.29, 1.82) is 0 Å². The maximum Gasteiger partial charge on any atom is 0.325 e. The lowest BCUT2D eigenvalue weighted by atomic mass is 10.1. The molecule has 0 aliphatic carbocycles. The second-order valence-corrected chi connectivity index (χ2v) is 7.70. The number of primary amides is 1. The van der Waals surface area contributed by atoms with Crippen LogP contribution in [0.1, 0.15) is 22.8 Å². The summed E-state index contributed by atoms with van der Waals surface area (Å²) in [6, 6.07) is 19.7. The van der Waals surface area contributed by atoms with E-state index in [2.05, 4.69) is 9.88 Å². The van der Waals surface area contributed by atoms with E-state index in [1.165, 1.54) is 6.92 Å². The highest BCUT2D eigenvalue weighted by Gasteiger charge is 2.20. The molecule has 1 atom stereocenters. The van der Waals surface area contributed by atoms with Crippen molar-refractivity contribution >= 4 is 39.6 Å². The first-order valence-corrected chi connectivity index (χ1v) is 10.4. The van der Waals surface area contributed by atoms with Gasteiger partial charge in [0.25, 0.3) is 5.91 Å². The Hall–Kier alpha value is -4.33. The van der Waals surface area contributed by atoms with Crippen LogP contribution < -0.4 is 15.8 Å². The van der Waals surface area contributed by atoms with Crippen molar-refractivity contribution < 1.29 is 24.2 Å². The van der Waals surface area contributed by atoms with Crippen LogP contribution in [-0.2, 0) is 16.1 Å². The highest BCUT2D eigenvalue weighted by molar-refractivity contribution is 6.19. The average molecular weight is 445 g/mol. The van der Waals surface area contributed by atoms with E-state index in [9.17, 15) is 14.4 Å². The van der Waals surface area contributed by atoms with E-state index >= 15 is 0 Å². The molecule has 1 aromatic heterocycles. The zero-order valence-corrected chi connectivity index (χ0v) is 17.9. The number of amides is 2. The number of carbonyl (C=O) groups is 3. The van der Waals surface area contributed by atoms with Crippen LogP contribution in [0, 0.1) is 0 Å². The summed E-state index contributed by atoms with van der Waals surface area (Å²) in [5.74, 6) is -1.87. The minimum absolute atomic E-state index is 0.351. The summed E-state index contributed by atoms with van der Waals surface area (Å²) in [7, 11) is 0. The van der Waals surface area contributed by atoms with Crippen molar-refractivity contribution in [1.82, 2.24) is 9.88 Å². The van der Waals surface area contributed by atoms with E-state index in [4.69, 9.17) is 15.6 Å². The number of aliphatic carboxylic acids is 1. The number of hydrogen-bond donors (Lipinski definition) is 3. The van der Waals surface area contributed by atoms with Gasteiger partial charge in [-0.3, -0.25) is 14.4 Å². The summed E-state index contributed by atoms with van der Waals surface area (Å²) < 4.78 is 7.87. The molecule has 8 heteroatoms. The van der Waals surface area contributed by atoms with Crippen LogP contribution >= 0.6 is 0 Å². The summed E-state index contributed by atoms with van der Waals surface area (Å²) in [4.78, 5) is 35.4. The van der Waals surface area contributed by atoms with Crippen LogP contribution in [0.3, 0.4) is 0 Å². The molecule has 0 bridgehead atoms. The third-order valence-electron chi connectivity index (χ3n) is 5.43. The van der Waals surface area contributed by atoms with Crippen LogP contribution in [0.25, 0.3) is 21.8 Å². The highest BCUT2D eigenvalue weighted by atomic mass is 16.5. The first-order chi connectivity index (χ1) is 15.9. The predicted molar refractivity (Wildman–Crippen MR) is 124 cm³/mol. The second-order valence-electron chi connectivity index (χ2n) is 7.70. The Morgan fingerprint density at radius 2 is 1.64 bits per heavy atom. The van der Waals surface area contributed by atoms with Gasteiger partial charge in [-0.15, -0.1) is 0 Å². The molecule has 0 saturated carbocycles. The number of hydrogen-bond acceptors (Lipinski definition) is 4. The van der Waals surface area contributed by atoms with E-state index in [0.717, 1.165) is 16.6 Å². The first kappa shape index (κ1) is 21.9. The number of rotatable bonds is 8. The monoisotopic (exact) mass is 445 g/mol. The molecule has 0 spiro atoms. The van der Waals surface area contributed by atoms with Crippen molar-refractivity contribution in [2.45, 2.75) is 19.5 Å². The molecule has 0 saturated heterocycles. The fraction of sp³-hybridized carbons (Fsp3) is 0.160. The number of nitrogens with one attached hydrogen (secondary N) is 1. The van der Waals surface area contributed by atoms with Crippen molar-refractivity contribution in [3.8, 4) is 5.75 Å². The quantitative estimate of drug-likeness (QED) is 0.385. The lowest BCUT2D eigenvalue weighted by Crippen LogP contribution is -2.40. The predicted octanol–water partition coefficient (Wildman–Crippen LogP) is 2.91. The van der Waals surface area contributed by atoms with Crippen LogP contribution in [-0.4, -0.2) is 40.1 Å². The molecular formula is C25H23N3O5. The lowest BCUT2D eigenvalue weighted by Gasteiger charge is -2.12. The molecule has 4 N–H and O–H groups in total. The zero-order valence-electron chi connectivity index (χ0n) is 17.9. The smallest absolute Gasteiger partial charge is 0.325 e. The summed E-state index contributed by atoms with van der Waals surface area (Å²) >= 11 is 0. The van der Waals surface area contributed by atoms with Gasteiger partial charge in [-0.2, -0.15) is 0 Å². The number of nitrogens with two attached hydrogens (primary N) is 1. The molecular weight excluding hydrogens is 422 g/mol. The Morgan fingerprint density at radius 3 is 2.30 bits per heavy atom. The number of nitrogens with zero attached hydrogens (tertiary/aromatic N) is 1. The summed E-state index contributed by atoms with van der Waals surface area (Å²) in [6.45, 7) is 1.56. The number of carbonyl (C=O) groups excluding carboxylic acids is 2. The van der Waals surface area contributed by atoms with Crippen molar-refractivity contribution in [3.05, 3.63) is 77.9 Å². The Balaban J connectivity index is 1.82. The molecule has 0 aliphatic rings. The average Bonchev–Trinajstić information content (AvgIpc) is 3.12. The topological polar surface area (TPSA) is 124 Å². The first-order valence-electron chi connectivity index (χ1n) is 10.4. The molecule has 0 radical (unpaired) electrons. The fourth-order valence-corrected chi connectivity index (χ4v) is 3.90. The summed E-state index contributed by atoms with van der Waals surface area (Å²) in [6.07, 6.45) is 0.